The molecule has 35 heavy (non-hydrogen) atoms. The van der Waals surface area contributed by atoms with Crippen LogP contribution in [0, 0.1) is 6.92 Å². The van der Waals surface area contributed by atoms with E-state index in [9.17, 15) is 26.3 Å². The van der Waals surface area contributed by atoms with Crippen LogP contribution in [-0.4, -0.2) is 25.9 Å². The molecule has 2 aromatic heterocycles. The lowest BCUT2D eigenvalue weighted by atomic mass is 10.2. The summed E-state index contributed by atoms with van der Waals surface area (Å²) in [5.74, 6) is 0.803. The zero-order valence-corrected chi connectivity index (χ0v) is 17.8. The number of halogens is 6. The van der Waals surface area contributed by atoms with Crippen molar-refractivity contribution < 1.29 is 31.1 Å². The second-order valence-corrected chi connectivity index (χ2v) is 7.18. The van der Waals surface area contributed by atoms with Crippen molar-refractivity contribution in [1.29, 1.82) is 0 Å². The van der Waals surface area contributed by atoms with E-state index < -0.39 is 18.1 Å². The molecule has 0 radical (unpaired) electrons. The topological polar surface area (TPSA) is 76.9 Å². The van der Waals surface area contributed by atoms with Crippen LogP contribution in [0.3, 0.4) is 0 Å². The van der Waals surface area contributed by atoms with Gasteiger partial charge in [-0.05, 0) is 49.4 Å². The fourth-order valence-corrected chi connectivity index (χ4v) is 3.13. The first-order valence-corrected chi connectivity index (χ1v) is 9.93. The van der Waals surface area contributed by atoms with Crippen molar-refractivity contribution in [3.63, 3.8) is 0 Å². The summed E-state index contributed by atoms with van der Waals surface area (Å²) in [6.45, 7) is 1.62. The standard InChI is InChI=1S/C22H16F6N6O/c1-13-30-18(32-15-5-7-17(8-6-15)35-22(26,27)28)12-19(31-13)33-20-29-9-10-34(20)16-4-2-3-14(11-16)21(23,24)25/h2-12H,1H3,(H2,29,30,31,32,33). The quantitative estimate of drug-likeness (QED) is 0.303. The Bertz CT molecular complexity index is 1320. The van der Waals surface area contributed by atoms with Crippen LogP contribution in [0.4, 0.5) is 49.6 Å². The molecule has 2 aromatic carbocycles. The van der Waals surface area contributed by atoms with Crippen LogP contribution in [0.25, 0.3) is 5.69 Å². The smallest absolute Gasteiger partial charge is 0.406 e. The summed E-state index contributed by atoms with van der Waals surface area (Å²) in [5, 5.41) is 5.89. The van der Waals surface area contributed by atoms with Crippen molar-refractivity contribution in [2.45, 2.75) is 19.5 Å². The van der Waals surface area contributed by atoms with Gasteiger partial charge in [-0.15, -0.1) is 13.2 Å². The average Bonchev–Trinajstić information content (AvgIpc) is 3.21. The van der Waals surface area contributed by atoms with Gasteiger partial charge < -0.3 is 15.4 Å². The zero-order chi connectivity index (χ0) is 25.2. The van der Waals surface area contributed by atoms with Crippen molar-refractivity contribution in [3.8, 4) is 11.4 Å². The second kappa shape index (κ2) is 9.16. The molecule has 4 rings (SSSR count). The highest BCUT2D eigenvalue weighted by Gasteiger charge is 2.31. The first kappa shape index (κ1) is 23.9. The first-order valence-electron chi connectivity index (χ1n) is 9.93. The lowest BCUT2D eigenvalue weighted by Crippen LogP contribution is -2.17. The fraction of sp³-hybridized carbons (Fsp3) is 0.136. The van der Waals surface area contributed by atoms with Crippen LogP contribution in [0.5, 0.6) is 5.75 Å². The summed E-state index contributed by atoms with van der Waals surface area (Å²) < 4.78 is 81.5. The zero-order valence-electron chi connectivity index (χ0n) is 17.8. The number of rotatable bonds is 6. The van der Waals surface area contributed by atoms with Crippen LogP contribution >= 0.6 is 0 Å². The van der Waals surface area contributed by atoms with Gasteiger partial charge in [0, 0.05) is 29.8 Å². The van der Waals surface area contributed by atoms with Crippen LogP contribution in [0.15, 0.2) is 67.0 Å². The van der Waals surface area contributed by atoms with E-state index in [1.54, 1.807) is 6.92 Å². The molecule has 0 bridgehead atoms. The number of ether oxygens (including phenoxy) is 1. The maximum atomic E-state index is 13.1. The molecule has 0 amide bonds. The molecule has 0 saturated heterocycles. The molecule has 182 valence electrons. The van der Waals surface area contributed by atoms with Gasteiger partial charge in [-0.3, -0.25) is 4.57 Å². The maximum absolute atomic E-state index is 13.1. The number of alkyl halides is 6. The van der Waals surface area contributed by atoms with E-state index in [-0.39, 0.29) is 23.2 Å². The molecule has 0 aliphatic heterocycles. The molecule has 0 aliphatic carbocycles. The number of aromatic nitrogens is 4. The number of nitrogens with zero attached hydrogens (tertiary/aromatic N) is 4. The molecule has 2 N–H and O–H groups in total. The van der Waals surface area contributed by atoms with E-state index in [2.05, 4.69) is 30.3 Å². The van der Waals surface area contributed by atoms with E-state index in [0.29, 0.717) is 17.3 Å². The van der Waals surface area contributed by atoms with Gasteiger partial charge in [-0.1, -0.05) is 6.07 Å². The molecule has 0 spiro atoms. The van der Waals surface area contributed by atoms with Gasteiger partial charge >= 0.3 is 12.5 Å². The van der Waals surface area contributed by atoms with E-state index in [0.717, 1.165) is 24.3 Å². The van der Waals surface area contributed by atoms with Gasteiger partial charge in [-0.2, -0.15) is 13.2 Å². The van der Waals surface area contributed by atoms with Gasteiger partial charge in [0.15, 0.2) is 0 Å². The number of aryl methyl sites for hydroxylation is 1. The molecule has 2 heterocycles. The van der Waals surface area contributed by atoms with E-state index >= 15 is 0 Å². The Labute approximate surface area is 194 Å². The molecular weight excluding hydrogens is 478 g/mol. The van der Waals surface area contributed by atoms with Gasteiger partial charge in [0.1, 0.15) is 23.2 Å². The predicted octanol–water partition coefficient (Wildman–Crippen LogP) is 6.38. The van der Waals surface area contributed by atoms with Crippen molar-refractivity contribution in [3.05, 3.63) is 78.4 Å². The van der Waals surface area contributed by atoms with Crippen LogP contribution in [0.1, 0.15) is 11.4 Å². The largest absolute Gasteiger partial charge is 0.573 e. The highest BCUT2D eigenvalue weighted by atomic mass is 19.4. The number of hydrogen-bond acceptors (Lipinski definition) is 6. The lowest BCUT2D eigenvalue weighted by Gasteiger charge is -2.13. The van der Waals surface area contributed by atoms with E-state index in [1.807, 2.05) is 0 Å². The normalized spacial score (nSPS) is 11.9. The molecule has 0 saturated carbocycles. The summed E-state index contributed by atoms with van der Waals surface area (Å²) in [7, 11) is 0. The number of anilines is 4. The van der Waals surface area contributed by atoms with Gasteiger partial charge in [-0.25, -0.2) is 15.0 Å². The molecule has 0 unspecified atom stereocenters. The number of imidazole rings is 1. The summed E-state index contributed by atoms with van der Waals surface area (Å²) in [4.78, 5) is 12.6. The van der Waals surface area contributed by atoms with E-state index in [4.69, 9.17) is 0 Å². The molecule has 0 aliphatic rings. The minimum absolute atomic E-state index is 0.210. The molecule has 4 aromatic rings. The minimum atomic E-state index is -4.79. The Kier molecular flexibility index (Phi) is 6.24. The lowest BCUT2D eigenvalue weighted by molar-refractivity contribution is -0.274. The number of hydrogen-bond donors (Lipinski definition) is 2. The Morgan fingerprint density at radius 2 is 1.54 bits per heavy atom. The SMILES string of the molecule is Cc1nc(Nc2ccc(OC(F)(F)F)cc2)cc(Nc2nccn2-c2cccc(C(F)(F)F)c2)n1. The monoisotopic (exact) mass is 494 g/mol. The van der Waals surface area contributed by atoms with Crippen molar-refractivity contribution in [2.75, 3.05) is 10.6 Å². The Hall–Kier alpha value is -4.29. The predicted molar refractivity (Wildman–Crippen MR) is 115 cm³/mol. The average molecular weight is 494 g/mol. The number of nitrogens with one attached hydrogen (secondary N) is 2. The Balaban J connectivity index is 1.54. The van der Waals surface area contributed by atoms with Gasteiger partial charge in [0.2, 0.25) is 5.95 Å². The highest BCUT2D eigenvalue weighted by molar-refractivity contribution is 5.62. The third-order valence-corrected chi connectivity index (χ3v) is 4.53. The van der Waals surface area contributed by atoms with Crippen LogP contribution in [0.2, 0.25) is 0 Å². The third-order valence-electron chi connectivity index (χ3n) is 4.53. The molecule has 7 nitrogen and oxygen atoms in total. The summed E-state index contributed by atoms with van der Waals surface area (Å²) in [6, 6.07) is 11.3. The fourth-order valence-electron chi connectivity index (χ4n) is 3.13. The molecule has 0 fully saturated rings. The van der Waals surface area contributed by atoms with Crippen molar-refractivity contribution >= 4 is 23.3 Å². The summed E-state index contributed by atoms with van der Waals surface area (Å²) >= 11 is 0. The Morgan fingerprint density at radius 1 is 0.857 bits per heavy atom. The van der Waals surface area contributed by atoms with Crippen LogP contribution < -0.4 is 15.4 Å². The minimum Gasteiger partial charge on any atom is -0.406 e. The van der Waals surface area contributed by atoms with Gasteiger partial charge in [0.25, 0.3) is 0 Å². The van der Waals surface area contributed by atoms with Crippen molar-refractivity contribution in [2.24, 2.45) is 0 Å². The Morgan fingerprint density at radius 3 is 2.20 bits per heavy atom. The second-order valence-electron chi connectivity index (χ2n) is 7.18. The molecule has 13 heteroatoms. The van der Waals surface area contributed by atoms with Crippen molar-refractivity contribution in [1.82, 2.24) is 19.5 Å². The number of benzene rings is 2. The van der Waals surface area contributed by atoms with E-state index in [1.165, 1.54) is 47.3 Å². The van der Waals surface area contributed by atoms with Crippen LogP contribution in [-0.2, 0) is 6.18 Å². The molecular formula is C22H16F6N6O. The highest BCUT2D eigenvalue weighted by Crippen LogP contribution is 2.31. The summed E-state index contributed by atoms with van der Waals surface area (Å²) in [6.07, 6.45) is -6.37. The molecule has 0 atom stereocenters. The first-order chi connectivity index (χ1) is 16.5. The maximum Gasteiger partial charge on any atom is 0.573 e. The van der Waals surface area contributed by atoms with Gasteiger partial charge in [0.05, 0.1) is 5.56 Å². The summed E-state index contributed by atoms with van der Waals surface area (Å²) in [5.41, 5.74) is -0.121. The third kappa shape index (κ3) is 6.19.